The molecule has 4 unspecified atom stereocenters. The zero-order valence-corrected chi connectivity index (χ0v) is 20.9. The van der Waals surface area contributed by atoms with E-state index in [1.54, 1.807) is 0 Å². The van der Waals surface area contributed by atoms with Gasteiger partial charge in [-0.25, -0.2) is 0 Å². The Morgan fingerprint density at radius 3 is 1.03 bits per heavy atom. The van der Waals surface area contributed by atoms with Gasteiger partial charge in [0.25, 0.3) is 0 Å². The van der Waals surface area contributed by atoms with Gasteiger partial charge in [0.05, 0.1) is 12.2 Å². The molecule has 0 radical (unpaired) electrons. The maximum Gasteiger partial charge on any atom is 0.0579 e. The zero-order chi connectivity index (χ0) is 21.4. The van der Waals surface area contributed by atoms with Gasteiger partial charge in [-0.3, -0.25) is 0 Å². The summed E-state index contributed by atoms with van der Waals surface area (Å²) in [5.74, 6) is 0. The Kier molecular flexibility index (Phi) is 13.6. The van der Waals surface area contributed by atoms with E-state index in [4.69, 9.17) is 4.74 Å². The van der Waals surface area contributed by atoms with Crippen LogP contribution in [0.3, 0.4) is 0 Å². The standard InChI is InChI=1S/C29H55NO/c1-2-6-10-14-18-26-22-24-28(20-16-12-8-3-1)31-29-21-17-13-9-5-4-7-11-15-19-27(30-26)23-25-29/h26-30H,1-25H2. The molecule has 0 aromatic rings. The molecule has 3 fully saturated rings. The Morgan fingerprint density at radius 2 is 0.645 bits per heavy atom. The third kappa shape index (κ3) is 11.6. The lowest BCUT2D eigenvalue weighted by Crippen LogP contribution is -2.41. The minimum Gasteiger partial charge on any atom is -0.375 e. The molecule has 1 heterocycles. The first-order chi connectivity index (χ1) is 15.4. The number of rotatable bonds is 0. The molecule has 4 bridgehead atoms. The van der Waals surface area contributed by atoms with Gasteiger partial charge in [-0.2, -0.15) is 0 Å². The van der Waals surface area contributed by atoms with Gasteiger partial charge in [-0.15, -0.1) is 0 Å². The summed E-state index contributed by atoms with van der Waals surface area (Å²) in [4.78, 5) is 0. The van der Waals surface area contributed by atoms with Crippen molar-refractivity contribution >= 4 is 0 Å². The number of hydrogen-bond acceptors (Lipinski definition) is 2. The zero-order valence-electron chi connectivity index (χ0n) is 20.9. The minimum atomic E-state index is 0.523. The van der Waals surface area contributed by atoms with Crippen LogP contribution >= 0.6 is 0 Å². The van der Waals surface area contributed by atoms with Crippen LogP contribution in [0.15, 0.2) is 0 Å². The van der Waals surface area contributed by atoms with Crippen LogP contribution in [0.2, 0.25) is 0 Å². The van der Waals surface area contributed by atoms with Crippen molar-refractivity contribution in [2.24, 2.45) is 0 Å². The second-order valence-corrected chi connectivity index (χ2v) is 11.3. The summed E-state index contributed by atoms with van der Waals surface area (Å²) in [6, 6.07) is 1.47. The Labute approximate surface area is 195 Å². The fraction of sp³-hybridized carbons (Fsp3) is 1.00. The Balaban J connectivity index is 1.64. The SMILES string of the molecule is C1CCCCCC2CCC(CCCCC1)OC1CCCCCCCCCCC(CC1)N2. The Hall–Kier alpha value is -0.0800. The average Bonchev–Trinajstić information content (AvgIpc) is 2.78. The molecule has 3 aliphatic rings. The van der Waals surface area contributed by atoms with E-state index in [0.717, 1.165) is 12.1 Å². The molecule has 0 aromatic carbocycles. The third-order valence-corrected chi connectivity index (χ3v) is 8.44. The predicted molar refractivity (Wildman–Crippen MR) is 135 cm³/mol. The number of hydrogen-bond donors (Lipinski definition) is 1. The maximum absolute atomic E-state index is 6.92. The van der Waals surface area contributed by atoms with Crippen molar-refractivity contribution in [3.8, 4) is 0 Å². The van der Waals surface area contributed by atoms with Crippen molar-refractivity contribution < 1.29 is 4.74 Å². The molecular weight excluding hydrogens is 378 g/mol. The molecule has 1 aliphatic heterocycles. The normalized spacial score (nSPS) is 34.8. The molecule has 0 aromatic heterocycles. The van der Waals surface area contributed by atoms with Crippen molar-refractivity contribution in [2.45, 2.75) is 185 Å². The molecule has 2 heteroatoms. The van der Waals surface area contributed by atoms with E-state index in [0.29, 0.717) is 12.2 Å². The van der Waals surface area contributed by atoms with E-state index in [1.807, 2.05) is 0 Å². The molecule has 4 atom stereocenters. The van der Waals surface area contributed by atoms with Crippen molar-refractivity contribution in [3.63, 3.8) is 0 Å². The highest BCUT2D eigenvalue weighted by Gasteiger charge is 2.24. The van der Waals surface area contributed by atoms with Gasteiger partial charge >= 0.3 is 0 Å². The molecule has 1 saturated heterocycles. The summed E-state index contributed by atoms with van der Waals surface area (Å²) < 4.78 is 6.92. The highest BCUT2D eigenvalue weighted by atomic mass is 16.5. The fourth-order valence-electron chi connectivity index (χ4n) is 6.39. The largest absolute Gasteiger partial charge is 0.375 e. The van der Waals surface area contributed by atoms with Crippen LogP contribution in [-0.4, -0.2) is 24.3 Å². The van der Waals surface area contributed by atoms with E-state index in [-0.39, 0.29) is 0 Å². The van der Waals surface area contributed by atoms with E-state index in [1.165, 1.54) is 161 Å². The summed E-state index contributed by atoms with van der Waals surface area (Å²) in [6.07, 6.45) is 36.2. The van der Waals surface area contributed by atoms with Gasteiger partial charge in [0.1, 0.15) is 0 Å². The maximum atomic E-state index is 6.92. The summed E-state index contributed by atoms with van der Waals surface area (Å²) in [6.45, 7) is 0. The van der Waals surface area contributed by atoms with Crippen LogP contribution in [-0.2, 0) is 4.74 Å². The molecular formula is C29H55NO. The quantitative estimate of drug-likeness (QED) is 0.412. The smallest absolute Gasteiger partial charge is 0.0579 e. The van der Waals surface area contributed by atoms with E-state index in [9.17, 15) is 0 Å². The molecule has 0 amide bonds. The van der Waals surface area contributed by atoms with Crippen molar-refractivity contribution in [3.05, 3.63) is 0 Å². The van der Waals surface area contributed by atoms with Crippen LogP contribution in [0.5, 0.6) is 0 Å². The number of nitrogens with one attached hydrogen (secondary N) is 1. The average molecular weight is 434 g/mol. The summed E-state index contributed by atoms with van der Waals surface area (Å²) in [7, 11) is 0. The lowest BCUT2D eigenvalue weighted by Gasteiger charge is -2.33. The topological polar surface area (TPSA) is 21.3 Å². The lowest BCUT2D eigenvalue weighted by molar-refractivity contribution is -0.0373. The molecule has 182 valence electrons. The first kappa shape index (κ1) is 25.5. The second kappa shape index (κ2) is 16.5. The van der Waals surface area contributed by atoms with Crippen molar-refractivity contribution in [2.75, 3.05) is 0 Å². The summed E-state index contributed by atoms with van der Waals surface area (Å²) in [5.41, 5.74) is 0. The second-order valence-electron chi connectivity index (χ2n) is 11.3. The van der Waals surface area contributed by atoms with Gasteiger partial charge < -0.3 is 10.1 Å². The molecule has 2 saturated carbocycles. The predicted octanol–water partition coefficient (Wildman–Crippen LogP) is 8.86. The minimum absolute atomic E-state index is 0.523. The number of ether oxygens (including phenoxy) is 1. The van der Waals surface area contributed by atoms with Crippen molar-refractivity contribution in [1.29, 1.82) is 0 Å². The van der Waals surface area contributed by atoms with Gasteiger partial charge in [-0.1, -0.05) is 109 Å². The van der Waals surface area contributed by atoms with Crippen LogP contribution in [0.4, 0.5) is 0 Å². The van der Waals surface area contributed by atoms with E-state index < -0.39 is 0 Å². The summed E-state index contributed by atoms with van der Waals surface area (Å²) >= 11 is 0. The molecule has 0 spiro atoms. The van der Waals surface area contributed by atoms with Gasteiger partial charge in [0.15, 0.2) is 0 Å². The highest BCUT2D eigenvalue weighted by molar-refractivity contribution is 4.80. The molecule has 2 nitrogen and oxygen atoms in total. The molecule has 2 aliphatic carbocycles. The summed E-state index contributed by atoms with van der Waals surface area (Å²) in [5, 5.41) is 4.22. The molecule has 31 heavy (non-hydrogen) atoms. The first-order valence-electron chi connectivity index (χ1n) is 14.8. The van der Waals surface area contributed by atoms with Gasteiger partial charge in [0, 0.05) is 12.1 Å². The van der Waals surface area contributed by atoms with E-state index in [2.05, 4.69) is 5.32 Å². The Morgan fingerprint density at radius 1 is 0.323 bits per heavy atom. The monoisotopic (exact) mass is 433 g/mol. The third-order valence-electron chi connectivity index (χ3n) is 8.44. The molecule has 1 N–H and O–H groups in total. The van der Waals surface area contributed by atoms with E-state index >= 15 is 0 Å². The van der Waals surface area contributed by atoms with Gasteiger partial charge in [-0.05, 0) is 51.4 Å². The number of fused-ring (bicyclic) bond motifs is 6. The van der Waals surface area contributed by atoms with Gasteiger partial charge in [0.2, 0.25) is 0 Å². The Bertz CT molecular complexity index is 387. The van der Waals surface area contributed by atoms with Crippen LogP contribution in [0, 0.1) is 0 Å². The lowest BCUT2D eigenvalue weighted by atomic mass is 9.92. The fourth-order valence-corrected chi connectivity index (χ4v) is 6.39. The van der Waals surface area contributed by atoms with Crippen LogP contribution in [0.1, 0.15) is 161 Å². The molecule has 3 rings (SSSR count). The van der Waals surface area contributed by atoms with Crippen LogP contribution < -0.4 is 5.32 Å². The van der Waals surface area contributed by atoms with Crippen molar-refractivity contribution in [1.82, 2.24) is 5.32 Å². The first-order valence-corrected chi connectivity index (χ1v) is 14.8. The highest BCUT2D eigenvalue weighted by Crippen LogP contribution is 2.27. The van der Waals surface area contributed by atoms with Crippen LogP contribution in [0.25, 0.3) is 0 Å².